The van der Waals surface area contributed by atoms with Crippen molar-refractivity contribution in [3.63, 3.8) is 0 Å². The van der Waals surface area contributed by atoms with Gasteiger partial charge >= 0.3 is 0 Å². The van der Waals surface area contributed by atoms with E-state index in [9.17, 15) is 9.59 Å². The van der Waals surface area contributed by atoms with Gasteiger partial charge in [-0.2, -0.15) is 0 Å². The number of fused-ring (bicyclic) bond motifs is 1. The smallest absolute Gasteiger partial charge is 0.258 e. The van der Waals surface area contributed by atoms with Crippen LogP contribution in [0.1, 0.15) is 31.1 Å². The average molecular weight is 247 g/mol. The standard InChI is InChI=1S/C13H17N3O2/c1-4-16-11(17)10-8(14)6-5-7-9(10)15-12(18)13(16,2)3/h5-7H,4,14H2,1-3H3,(H,15,18). The van der Waals surface area contributed by atoms with Crippen LogP contribution in [0.2, 0.25) is 0 Å². The average Bonchev–Trinajstić information content (AvgIpc) is 2.35. The number of hydrogen-bond donors (Lipinski definition) is 2. The maximum Gasteiger partial charge on any atom is 0.258 e. The zero-order chi connectivity index (χ0) is 13.5. The van der Waals surface area contributed by atoms with Crippen LogP contribution in [-0.4, -0.2) is 28.8 Å². The molecule has 2 amide bonds. The van der Waals surface area contributed by atoms with Gasteiger partial charge < -0.3 is 16.0 Å². The fourth-order valence-electron chi connectivity index (χ4n) is 2.24. The van der Waals surface area contributed by atoms with Crippen LogP contribution in [0.15, 0.2) is 18.2 Å². The molecule has 1 aliphatic rings. The third-order valence-corrected chi connectivity index (χ3v) is 3.35. The van der Waals surface area contributed by atoms with Gasteiger partial charge in [0.15, 0.2) is 0 Å². The molecule has 2 rings (SSSR count). The molecular formula is C13H17N3O2. The number of nitrogens with one attached hydrogen (secondary N) is 1. The van der Waals surface area contributed by atoms with Crippen molar-refractivity contribution in [3.05, 3.63) is 23.8 Å². The summed E-state index contributed by atoms with van der Waals surface area (Å²) in [6.45, 7) is 5.75. The minimum Gasteiger partial charge on any atom is -0.398 e. The number of hydrogen-bond acceptors (Lipinski definition) is 3. The summed E-state index contributed by atoms with van der Waals surface area (Å²) in [5, 5.41) is 2.77. The second-order valence-electron chi connectivity index (χ2n) is 4.83. The van der Waals surface area contributed by atoms with Gasteiger partial charge in [-0.25, -0.2) is 0 Å². The number of carbonyl (C=O) groups is 2. The Morgan fingerprint density at radius 2 is 2.00 bits per heavy atom. The second-order valence-corrected chi connectivity index (χ2v) is 4.83. The van der Waals surface area contributed by atoms with E-state index in [4.69, 9.17) is 5.73 Å². The summed E-state index contributed by atoms with van der Waals surface area (Å²) in [6.07, 6.45) is 0. The van der Waals surface area contributed by atoms with Crippen molar-refractivity contribution in [2.24, 2.45) is 0 Å². The van der Waals surface area contributed by atoms with Crippen molar-refractivity contribution in [2.75, 3.05) is 17.6 Å². The zero-order valence-corrected chi connectivity index (χ0v) is 10.8. The molecule has 1 heterocycles. The lowest BCUT2D eigenvalue weighted by Gasteiger charge is -2.34. The van der Waals surface area contributed by atoms with Crippen molar-refractivity contribution in [1.29, 1.82) is 0 Å². The molecule has 0 unspecified atom stereocenters. The molecule has 0 saturated heterocycles. The number of rotatable bonds is 1. The van der Waals surface area contributed by atoms with Gasteiger partial charge in [0.2, 0.25) is 5.91 Å². The van der Waals surface area contributed by atoms with E-state index in [0.29, 0.717) is 23.5 Å². The largest absolute Gasteiger partial charge is 0.398 e. The number of likely N-dealkylation sites (N-methyl/N-ethyl adjacent to an activating group) is 1. The Balaban J connectivity index is 2.65. The Labute approximate surface area is 106 Å². The third-order valence-electron chi connectivity index (χ3n) is 3.35. The summed E-state index contributed by atoms with van der Waals surface area (Å²) < 4.78 is 0. The molecule has 0 radical (unpaired) electrons. The van der Waals surface area contributed by atoms with E-state index in [1.165, 1.54) is 4.90 Å². The van der Waals surface area contributed by atoms with Gasteiger partial charge in [0.05, 0.1) is 11.3 Å². The molecule has 0 spiro atoms. The maximum atomic E-state index is 12.5. The summed E-state index contributed by atoms with van der Waals surface area (Å²) in [4.78, 5) is 26.2. The van der Waals surface area contributed by atoms with Gasteiger partial charge in [-0.1, -0.05) is 6.07 Å². The van der Waals surface area contributed by atoms with E-state index in [0.717, 1.165) is 0 Å². The molecule has 0 atom stereocenters. The Morgan fingerprint density at radius 1 is 1.33 bits per heavy atom. The van der Waals surface area contributed by atoms with E-state index in [1.807, 2.05) is 6.92 Å². The Hall–Kier alpha value is -2.04. The van der Waals surface area contributed by atoms with Crippen molar-refractivity contribution in [2.45, 2.75) is 26.3 Å². The minimum atomic E-state index is -0.892. The summed E-state index contributed by atoms with van der Waals surface area (Å²) in [5.74, 6) is -0.420. The van der Waals surface area contributed by atoms with Gasteiger partial charge in [0, 0.05) is 12.2 Å². The normalized spacial score (nSPS) is 18.1. The predicted molar refractivity (Wildman–Crippen MR) is 70.3 cm³/mol. The van der Waals surface area contributed by atoms with Crippen molar-refractivity contribution >= 4 is 23.2 Å². The highest BCUT2D eigenvalue weighted by molar-refractivity contribution is 6.13. The summed E-state index contributed by atoms with van der Waals surface area (Å²) in [7, 11) is 0. The van der Waals surface area contributed by atoms with Crippen molar-refractivity contribution in [1.82, 2.24) is 4.90 Å². The number of amides is 2. The highest BCUT2D eigenvalue weighted by atomic mass is 16.2. The molecule has 0 fully saturated rings. The second kappa shape index (κ2) is 4.01. The summed E-state index contributed by atoms with van der Waals surface area (Å²) in [5.41, 5.74) is 6.20. The van der Waals surface area contributed by atoms with Crippen LogP contribution in [0.4, 0.5) is 11.4 Å². The number of anilines is 2. The number of carbonyl (C=O) groups excluding carboxylic acids is 2. The highest BCUT2D eigenvalue weighted by Gasteiger charge is 2.41. The third kappa shape index (κ3) is 1.63. The Kier molecular flexibility index (Phi) is 2.77. The van der Waals surface area contributed by atoms with Crippen molar-refractivity contribution in [3.8, 4) is 0 Å². The van der Waals surface area contributed by atoms with Crippen LogP contribution in [0.3, 0.4) is 0 Å². The van der Waals surface area contributed by atoms with E-state index < -0.39 is 5.54 Å². The van der Waals surface area contributed by atoms with Crippen LogP contribution in [-0.2, 0) is 4.79 Å². The maximum absolute atomic E-state index is 12.5. The molecule has 18 heavy (non-hydrogen) atoms. The van der Waals surface area contributed by atoms with E-state index in [1.54, 1.807) is 32.0 Å². The zero-order valence-electron chi connectivity index (χ0n) is 10.8. The first-order chi connectivity index (χ1) is 8.39. The molecule has 3 N–H and O–H groups in total. The van der Waals surface area contributed by atoms with Gasteiger partial charge in [-0.05, 0) is 32.9 Å². The molecule has 1 aromatic rings. The quantitative estimate of drug-likeness (QED) is 0.738. The molecule has 96 valence electrons. The molecular weight excluding hydrogens is 230 g/mol. The van der Waals surface area contributed by atoms with E-state index in [-0.39, 0.29) is 11.8 Å². The van der Waals surface area contributed by atoms with E-state index >= 15 is 0 Å². The minimum absolute atomic E-state index is 0.206. The first kappa shape index (κ1) is 12.4. The molecule has 0 aliphatic carbocycles. The molecule has 0 saturated carbocycles. The van der Waals surface area contributed by atoms with E-state index in [2.05, 4.69) is 5.32 Å². The number of nitrogens with two attached hydrogens (primary N) is 1. The molecule has 1 aromatic carbocycles. The fourth-order valence-corrected chi connectivity index (χ4v) is 2.24. The monoisotopic (exact) mass is 247 g/mol. The number of benzene rings is 1. The van der Waals surface area contributed by atoms with Gasteiger partial charge in [0.1, 0.15) is 5.54 Å². The van der Waals surface area contributed by atoms with Crippen LogP contribution in [0.5, 0.6) is 0 Å². The van der Waals surface area contributed by atoms with Crippen LogP contribution in [0, 0.1) is 0 Å². The molecule has 5 heteroatoms. The van der Waals surface area contributed by atoms with Crippen LogP contribution < -0.4 is 11.1 Å². The van der Waals surface area contributed by atoms with Gasteiger partial charge in [0.25, 0.3) is 5.91 Å². The Morgan fingerprint density at radius 3 is 2.61 bits per heavy atom. The lowest BCUT2D eigenvalue weighted by Crippen LogP contribution is -2.53. The molecule has 0 aromatic heterocycles. The van der Waals surface area contributed by atoms with Gasteiger partial charge in [-0.3, -0.25) is 9.59 Å². The summed E-state index contributed by atoms with van der Waals surface area (Å²) in [6, 6.07) is 5.07. The number of nitrogens with zero attached hydrogens (tertiary/aromatic N) is 1. The van der Waals surface area contributed by atoms with Crippen molar-refractivity contribution < 1.29 is 9.59 Å². The van der Waals surface area contributed by atoms with Gasteiger partial charge in [-0.15, -0.1) is 0 Å². The topological polar surface area (TPSA) is 75.4 Å². The molecule has 5 nitrogen and oxygen atoms in total. The summed E-state index contributed by atoms with van der Waals surface area (Å²) >= 11 is 0. The fraction of sp³-hybridized carbons (Fsp3) is 0.385. The molecule has 0 bridgehead atoms. The van der Waals surface area contributed by atoms with Crippen LogP contribution >= 0.6 is 0 Å². The SMILES string of the molecule is CCN1C(=O)c2c(N)cccc2NC(=O)C1(C)C. The lowest BCUT2D eigenvalue weighted by atomic mass is 10.0. The lowest BCUT2D eigenvalue weighted by molar-refractivity contribution is -0.124. The molecule has 1 aliphatic heterocycles. The van der Waals surface area contributed by atoms with Crippen LogP contribution in [0.25, 0.3) is 0 Å². The highest BCUT2D eigenvalue weighted by Crippen LogP contribution is 2.31. The Bertz CT molecular complexity index is 523. The predicted octanol–water partition coefficient (Wildman–Crippen LogP) is 1.46. The first-order valence-electron chi connectivity index (χ1n) is 5.91. The number of nitrogen functional groups attached to an aromatic ring is 1. The first-order valence-corrected chi connectivity index (χ1v) is 5.91.